The third-order valence-electron chi connectivity index (χ3n) is 5.17. The van der Waals surface area contributed by atoms with E-state index < -0.39 is 54.5 Å². The highest BCUT2D eigenvalue weighted by Crippen LogP contribution is 2.44. The van der Waals surface area contributed by atoms with Crippen LogP contribution < -0.4 is 0 Å². The van der Waals surface area contributed by atoms with Crippen molar-refractivity contribution in [1.29, 1.82) is 0 Å². The number of hydrogen-bond acceptors (Lipinski definition) is 7. The van der Waals surface area contributed by atoms with Crippen LogP contribution in [0.25, 0.3) is 0 Å². The Morgan fingerprint density at radius 1 is 0.645 bits per heavy atom. The summed E-state index contributed by atoms with van der Waals surface area (Å²) in [7, 11) is 0. The lowest BCUT2D eigenvalue weighted by atomic mass is 9.63. The molecular formula is C20H30O11. The largest absolute Gasteiger partial charge is 0.481 e. The number of carboxylic acid groups (broad SMARTS) is 4. The Hall–Kier alpha value is -2.76. The van der Waals surface area contributed by atoms with Gasteiger partial charge in [-0.2, -0.15) is 0 Å². The maximum absolute atomic E-state index is 11.7. The van der Waals surface area contributed by atoms with Crippen LogP contribution >= 0.6 is 0 Å². The van der Waals surface area contributed by atoms with Gasteiger partial charge in [0.15, 0.2) is 0 Å². The van der Waals surface area contributed by atoms with Crippen molar-refractivity contribution in [2.75, 3.05) is 19.8 Å². The van der Waals surface area contributed by atoms with Gasteiger partial charge in [-0.05, 0) is 25.7 Å². The van der Waals surface area contributed by atoms with E-state index in [4.69, 9.17) is 10.2 Å². The molecule has 0 radical (unpaired) electrons. The second kappa shape index (κ2) is 12.8. The fraction of sp³-hybridized carbons (Fsp3) is 0.600. The van der Waals surface area contributed by atoms with Crippen molar-refractivity contribution in [1.82, 2.24) is 0 Å². The molecule has 0 aliphatic carbocycles. The normalized spacial score (nSPS) is 14.7. The first-order valence-corrected chi connectivity index (χ1v) is 9.54. The van der Waals surface area contributed by atoms with Crippen LogP contribution in [0.1, 0.15) is 45.4 Å². The van der Waals surface area contributed by atoms with E-state index in [1.807, 2.05) is 0 Å². The Bertz CT molecular complexity index is 669. The van der Waals surface area contributed by atoms with Gasteiger partial charge in [-0.1, -0.05) is 19.1 Å². The monoisotopic (exact) mass is 446 g/mol. The van der Waals surface area contributed by atoms with Gasteiger partial charge in [0.2, 0.25) is 0 Å². The molecule has 0 saturated heterocycles. The minimum atomic E-state index is -1.84. The van der Waals surface area contributed by atoms with Crippen molar-refractivity contribution >= 4 is 23.9 Å². The van der Waals surface area contributed by atoms with Crippen molar-refractivity contribution in [3.63, 3.8) is 0 Å². The topological polar surface area (TPSA) is 210 Å². The highest BCUT2D eigenvalue weighted by molar-refractivity contribution is 5.88. The minimum Gasteiger partial charge on any atom is -0.481 e. The summed E-state index contributed by atoms with van der Waals surface area (Å²) in [5.74, 6) is -5.14. The molecule has 11 nitrogen and oxygen atoms in total. The second-order valence-corrected chi connectivity index (χ2v) is 7.52. The second-order valence-electron chi connectivity index (χ2n) is 7.52. The predicted octanol–water partition coefficient (Wildman–Crippen LogP) is 0.488. The Morgan fingerprint density at radius 2 is 1.00 bits per heavy atom. The first-order valence-electron chi connectivity index (χ1n) is 9.54. The molecule has 31 heavy (non-hydrogen) atoms. The number of hydrogen-bond donors (Lipinski definition) is 7. The summed E-state index contributed by atoms with van der Waals surface area (Å²) >= 11 is 0. The molecule has 0 saturated carbocycles. The van der Waals surface area contributed by atoms with Crippen LogP contribution in [0, 0.1) is 10.8 Å². The van der Waals surface area contributed by atoms with Crippen molar-refractivity contribution in [3.05, 3.63) is 23.3 Å². The summed E-state index contributed by atoms with van der Waals surface area (Å²) in [5, 5.41) is 66.5. The van der Waals surface area contributed by atoms with Crippen LogP contribution in [-0.4, -0.2) is 79.4 Å². The van der Waals surface area contributed by atoms with Crippen LogP contribution in [-0.2, 0) is 19.2 Å². The summed E-state index contributed by atoms with van der Waals surface area (Å²) in [6.07, 6.45) is 0.902. The van der Waals surface area contributed by atoms with E-state index in [-0.39, 0.29) is 49.7 Å². The number of aliphatic carboxylic acids is 4. The fourth-order valence-corrected chi connectivity index (χ4v) is 2.98. The summed E-state index contributed by atoms with van der Waals surface area (Å²) in [4.78, 5) is 44.9. The molecular weight excluding hydrogens is 416 g/mol. The van der Waals surface area contributed by atoms with E-state index in [2.05, 4.69) is 0 Å². The standard InChI is InChI=1S/C20H30O11/c1-19(10-21,11-22)20(12-23,8-13(17(28)29)4-2-6-15(24)25)9-14(18(30)31)5-3-7-16(26)27/h8-9,21-23H,2-7,10-12H2,1H3,(H,24,25)(H,26,27)(H,28,29)(H,30,31). The maximum Gasteiger partial charge on any atom is 0.331 e. The van der Waals surface area contributed by atoms with Gasteiger partial charge < -0.3 is 35.7 Å². The molecule has 0 aliphatic heterocycles. The average Bonchev–Trinajstić information content (AvgIpc) is 2.69. The fourth-order valence-electron chi connectivity index (χ4n) is 2.98. The molecule has 0 rings (SSSR count). The molecule has 11 heteroatoms. The van der Waals surface area contributed by atoms with Gasteiger partial charge in [-0.3, -0.25) is 9.59 Å². The molecule has 0 unspecified atom stereocenters. The zero-order valence-electron chi connectivity index (χ0n) is 17.3. The number of carboxylic acids is 4. The van der Waals surface area contributed by atoms with E-state index in [9.17, 15) is 44.7 Å². The molecule has 176 valence electrons. The van der Waals surface area contributed by atoms with E-state index in [0.29, 0.717) is 0 Å². The zero-order valence-corrected chi connectivity index (χ0v) is 17.3. The smallest absolute Gasteiger partial charge is 0.331 e. The quantitative estimate of drug-likeness (QED) is 0.162. The van der Waals surface area contributed by atoms with Crippen LogP contribution in [0.2, 0.25) is 0 Å². The van der Waals surface area contributed by atoms with Gasteiger partial charge in [0.05, 0.1) is 19.8 Å². The van der Waals surface area contributed by atoms with Gasteiger partial charge in [-0.25, -0.2) is 9.59 Å². The third-order valence-corrected chi connectivity index (χ3v) is 5.17. The Kier molecular flexibility index (Phi) is 11.7. The molecule has 0 atom stereocenters. The summed E-state index contributed by atoms with van der Waals surface area (Å²) in [6.45, 7) is -1.05. The first-order chi connectivity index (χ1) is 14.4. The van der Waals surface area contributed by atoms with Crippen molar-refractivity contribution < 1.29 is 54.9 Å². The van der Waals surface area contributed by atoms with Gasteiger partial charge in [0.25, 0.3) is 0 Å². The molecule has 0 bridgehead atoms. The van der Waals surface area contributed by atoms with E-state index in [0.717, 1.165) is 12.2 Å². The molecule has 7 N–H and O–H groups in total. The van der Waals surface area contributed by atoms with Crippen LogP contribution in [0.5, 0.6) is 0 Å². The van der Waals surface area contributed by atoms with Gasteiger partial charge in [0, 0.05) is 34.8 Å². The maximum atomic E-state index is 11.7. The molecule has 0 aromatic carbocycles. The SMILES string of the molecule is CC(CO)(CO)C(C=C(CCCC(=O)O)C(=O)O)(C=C(CCCC(=O)O)C(=O)O)CO. The third kappa shape index (κ3) is 8.48. The lowest BCUT2D eigenvalue weighted by molar-refractivity contribution is -0.138. The number of aliphatic hydroxyl groups is 3. The van der Waals surface area contributed by atoms with Gasteiger partial charge in [0.1, 0.15) is 0 Å². The Morgan fingerprint density at radius 3 is 1.23 bits per heavy atom. The van der Waals surface area contributed by atoms with E-state index >= 15 is 0 Å². The number of carbonyl (C=O) groups is 4. The molecule has 0 fully saturated rings. The lowest BCUT2D eigenvalue weighted by Gasteiger charge is -2.43. The van der Waals surface area contributed by atoms with Crippen LogP contribution in [0.3, 0.4) is 0 Å². The minimum absolute atomic E-state index is 0.0436. The summed E-state index contributed by atoms with van der Waals surface area (Å²) in [5.41, 5.74) is -4.09. The molecule has 0 amide bonds. The Labute approximate surface area is 178 Å². The molecule has 0 heterocycles. The zero-order chi connectivity index (χ0) is 24.2. The van der Waals surface area contributed by atoms with Crippen LogP contribution in [0.4, 0.5) is 0 Å². The average molecular weight is 446 g/mol. The van der Waals surface area contributed by atoms with E-state index in [1.165, 1.54) is 6.92 Å². The first kappa shape index (κ1) is 28.2. The summed E-state index contributed by atoms with van der Waals surface area (Å²) in [6, 6.07) is 0. The van der Waals surface area contributed by atoms with E-state index in [1.54, 1.807) is 0 Å². The molecule has 0 aliphatic rings. The van der Waals surface area contributed by atoms with Crippen molar-refractivity contribution in [3.8, 4) is 0 Å². The Balaban J connectivity index is 6.54. The highest BCUT2D eigenvalue weighted by Gasteiger charge is 2.45. The van der Waals surface area contributed by atoms with Crippen molar-refractivity contribution in [2.24, 2.45) is 10.8 Å². The van der Waals surface area contributed by atoms with Gasteiger partial charge >= 0.3 is 23.9 Å². The molecule has 0 aromatic rings. The van der Waals surface area contributed by atoms with Gasteiger partial charge in [-0.15, -0.1) is 0 Å². The summed E-state index contributed by atoms with van der Waals surface area (Å²) < 4.78 is 0. The van der Waals surface area contributed by atoms with Crippen LogP contribution in [0.15, 0.2) is 23.3 Å². The molecule has 0 spiro atoms. The number of rotatable bonds is 16. The predicted molar refractivity (Wildman–Crippen MR) is 106 cm³/mol. The number of aliphatic hydroxyl groups excluding tert-OH is 3. The van der Waals surface area contributed by atoms with Crippen molar-refractivity contribution in [2.45, 2.75) is 45.4 Å². The lowest BCUT2D eigenvalue weighted by Crippen LogP contribution is -2.46. The molecule has 0 aromatic heterocycles. The highest BCUT2D eigenvalue weighted by atomic mass is 16.4.